The minimum Gasteiger partial charge on any atom is -0.479 e. The van der Waals surface area contributed by atoms with Crippen LogP contribution in [0.2, 0.25) is 0 Å². The molecular weight excluding hydrogens is 258 g/mol. The van der Waals surface area contributed by atoms with Crippen molar-refractivity contribution in [1.82, 2.24) is 5.32 Å². The van der Waals surface area contributed by atoms with Crippen LogP contribution in [0.3, 0.4) is 0 Å². The maximum Gasteiger partial charge on any atom is 0.330 e. The second-order valence-corrected chi connectivity index (χ2v) is 6.21. The van der Waals surface area contributed by atoms with Crippen LogP contribution >= 0.6 is 0 Å². The SMILES string of the molecule is CCOC1CC(NC(=O)C2CC=CC2)(C(=O)O)C1(C)C. The lowest BCUT2D eigenvalue weighted by Crippen LogP contribution is -2.76. The van der Waals surface area contributed by atoms with Gasteiger partial charge in [0.15, 0.2) is 0 Å². The number of carbonyl (C=O) groups excluding carboxylic acids is 1. The van der Waals surface area contributed by atoms with E-state index in [-0.39, 0.29) is 17.9 Å². The summed E-state index contributed by atoms with van der Waals surface area (Å²) in [5.41, 5.74) is -1.83. The highest BCUT2D eigenvalue weighted by Gasteiger charge is 2.66. The largest absolute Gasteiger partial charge is 0.479 e. The molecule has 2 unspecified atom stereocenters. The minimum absolute atomic E-state index is 0.131. The van der Waals surface area contributed by atoms with Gasteiger partial charge in [-0.2, -0.15) is 0 Å². The summed E-state index contributed by atoms with van der Waals surface area (Å²) in [6.45, 7) is 6.13. The Balaban J connectivity index is 2.12. The monoisotopic (exact) mass is 281 g/mol. The number of carboxylic acids is 1. The van der Waals surface area contributed by atoms with E-state index in [0.717, 1.165) is 0 Å². The zero-order valence-corrected chi connectivity index (χ0v) is 12.3. The van der Waals surface area contributed by atoms with Crippen molar-refractivity contribution >= 4 is 11.9 Å². The van der Waals surface area contributed by atoms with Gasteiger partial charge in [-0.05, 0) is 19.8 Å². The van der Waals surface area contributed by atoms with Gasteiger partial charge in [-0.1, -0.05) is 26.0 Å². The number of nitrogens with one attached hydrogen (secondary N) is 1. The Kier molecular flexibility index (Phi) is 3.91. The molecule has 2 aliphatic carbocycles. The Hall–Kier alpha value is -1.36. The van der Waals surface area contributed by atoms with E-state index in [0.29, 0.717) is 25.9 Å². The van der Waals surface area contributed by atoms with Gasteiger partial charge in [-0.3, -0.25) is 4.79 Å². The lowest BCUT2D eigenvalue weighted by molar-refractivity contribution is -0.195. The van der Waals surface area contributed by atoms with Crippen LogP contribution in [0.1, 0.15) is 40.0 Å². The lowest BCUT2D eigenvalue weighted by atomic mass is 9.54. The molecule has 1 fully saturated rings. The number of allylic oxidation sites excluding steroid dienone is 2. The third-order valence-electron chi connectivity index (χ3n) is 4.84. The van der Waals surface area contributed by atoms with Crippen LogP contribution in [0.25, 0.3) is 0 Å². The van der Waals surface area contributed by atoms with Crippen molar-refractivity contribution in [1.29, 1.82) is 0 Å². The summed E-state index contributed by atoms with van der Waals surface area (Å²) in [6.07, 6.45) is 5.51. The second kappa shape index (κ2) is 5.20. The number of hydrogen-bond acceptors (Lipinski definition) is 3. The van der Waals surface area contributed by atoms with E-state index in [1.54, 1.807) is 0 Å². The molecule has 0 heterocycles. The summed E-state index contributed by atoms with van der Waals surface area (Å²) in [5.74, 6) is -1.27. The third kappa shape index (κ3) is 2.14. The Morgan fingerprint density at radius 1 is 1.35 bits per heavy atom. The zero-order valence-electron chi connectivity index (χ0n) is 12.3. The van der Waals surface area contributed by atoms with E-state index >= 15 is 0 Å². The predicted octanol–water partition coefficient (Wildman–Crippen LogP) is 1.73. The van der Waals surface area contributed by atoms with Crippen LogP contribution in [0.15, 0.2) is 12.2 Å². The molecule has 1 amide bonds. The first-order chi connectivity index (χ1) is 9.35. The molecule has 0 spiro atoms. The number of rotatable bonds is 5. The molecule has 0 saturated heterocycles. The first-order valence-corrected chi connectivity index (χ1v) is 7.17. The molecule has 2 atom stereocenters. The molecule has 0 radical (unpaired) electrons. The first-order valence-electron chi connectivity index (χ1n) is 7.17. The molecule has 0 aromatic rings. The molecule has 0 bridgehead atoms. The fraction of sp³-hybridized carbons (Fsp3) is 0.733. The summed E-state index contributed by atoms with van der Waals surface area (Å²) in [6, 6.07) is 0. The molecule has 1 saturated carbocycles. The number of amides is 1. The third-order valence-corrected chi connectivity index (χ3v) is 4.84. The first kappa shape index (κ1) is 15.0. The molecule has 0 aromatic carbocycles. The molecule has 2 rings (SSSR count). The summed E-state index contributed by atoms with van der Waals surface area (Å²) in [5, 5.41) is 12.4. The average Bonchev–Trinajstić information content (AvgIpc) is 2.90. The average molecular weight is 281 g/mol. The fourth-order valence-corrected chi connectivity index (χ4v) is 3.18. The second-order valence-electron chi connectivity index (χ2n) is 6.21. The number of hydrogen-bond donors (Lipinski definition) is 2. The van der Waals surface area contributed by atoms with Crippen LogP contribution in [0, 0.1) is 11.3 Å². The van der Waals surface area contributed by atoms with Crippen LogP contribution in [0.5, 0.6) is 0 Å². The molecule has 112 valence electrons. The van der Waals surface area contributed by atoms with Crippen LogP contribution in [-0.2, 0) is 14.3 Å². The Labute approximate surface area is 119 Å². The summed E-state index contributed by atoms with van der Waals surface area (Å²) in [7, 11) is 0. The van der Waals surface area contributed by atoms with Gasteiger partial charge in [0.05, 0.1) is 6.10 Å². The summed E-state index contributed by atoms with van der Waals surface area (Å²) >= 11 is 0. The predicted molar refractivity (Wildman–Crippen MR) is 74.2 cm³/mol. The van der Waals surface area contributed by atoms with Gasteiger partial charge < -0.3 is 15.2 Å². The van der Waals surface area contributed by atoms with Crippen molar-refractivity contribution in [2.24, 2.45) is 11.3 Å². The fourth-order valence-electron chi connectivity index (χ4n) is 3.18. The molecule has 0 aromatic heterocycles. The highest BCUT2D eigenvalue weighted by molar-refractivity contribution is 5.90. The molecule has 2 aliphatic rings. The van der Waals surface area contributed by atoms with Crippen molar-refractivity contribution in [3.05, 3.63) is 12.2 Å². The lowest BCUT2D eigenvalue weighted by Gasteiger charge is -2.58. The van der Waals surface area contributed by atoms with Gasteiger partial charge in [0.2, 0.25) is 5.91 Å². The van der Waals surface area contributed by atoms with E-state index in [9.17, 15) is 14.7 Å². The number of aliphatic carboxylic acids is 1. The van der Waals surface area contributed by atoms with E-state index in [2.05, 4.69) is 5.32 Å². The smallest absolute Gasteiger partial charge is 0.330 e. The highest BCUT2D eigenvalue weighted by Crippen LogP contribution is 2.51. The van der Waals surface area contributed by atoms with Crippen molar-refractivity contribution in [2.45, 2.75) is 51.7 Å². The molecule has 0 aliphatic heterocycles. The minimum atomic E-state index is -1.22. The van der Waals surface area contributed by atoms with Crippen molar-refractivity contribution in [2.75, 3.05) is 6.61 Å². The molecule has 20 heavy (non-hydrogen) atoms. The topological polar surface area (TPSA) is 75.6 Å². The zero-order chi connectivity index (χ0) is 15.0. The Bertz CT molecular complexity index is 435. The number of ether oxygens (including phenoxy) is 1. The van der Waals surface area contributed by atoms with Crippen molar-refractivity contribution in [3.8, 4) is 0 Å². The van der Waals surface area contributed by atoms with Crippen LogP contribution < -0.4 is 5.32 Å². The van der Waals surface area contributed by atoms with Crippen molar-refractivity contribution < 1.29 is 19.4 Å². The van der Waals surface area contributed by atoms with E-state index in [1.807, 2.05) is 32.9 Å². The van der Waals surface area contributed by atoms with Crippen molar-refractivity contribution in [3.63, 3.8) is 0 Å². The molecule has 5 heteroatoms. The molecule has 2 N–H and O–H groups in total. The maximum atomic E-state index is 12.3. The van der Waals surface area contributed by atoms with Gasteiger partial charge >= 0.3 is 5.97 Å². The number of carbonyl (C=O) groups is 2. The summed E-state index contributed by atoms with van der Waals surface area (Å²) in [4.78, 5) is 24.0. The van der Waals surface area contributed by atoms with E-state index in [4.69, 9.17) is 4.74 Å². The normalized spacial score (nSPS) is 31.9. The maximum absolute atomic E-state index is 12.3. The molecular formula is C15H23NO4. The summed E-state index contributed by atoms with van der Waals surface area (Å²) < 4.78 is 5.58. The Morgan fingerprint density at radius 3 is 2.40 bits per heavy atom. The van der Waals surface area contributed by atoms with Gasteiger partial charge in [0.25, 0.3) is 0 Å². The highest BCUT2D eigenvalue weighted by atomic mass is 16.5. The van der Waals surface area contributed by atoms with Gasteiger partial charge in [-0.15, -0.1) is 0 Å². The standard InChI is InChI=1S/C15H23NO4/c1-4-20-11-9-15(13(18)19,14(11,2)3)16-12(17)10-7-5-6-8-10/h5-6,10-11H,4,7-9H2,1-3H3,(H,16,17)(H,18,19). The van der Waals surface area contributed by atoms with Gasteiger partial charge in [0, 0.05) is 24.4 Å². The van der Waals surface area contributed by atoms with E-state index < -0.39 is 16.9 Å². The quantitative estimate of drug-likeness (QED) is 0.752. The Morgan fingerprint density at radius 2 is 1.95 bits per heavy atom. The van der Waals surface area contributed by atoms with Gasteiger partial charge in [0.1, 0.15) is 5.54 Å². The molecule has 5 nitrogen and oxygen atoms in total. The van der Waals surface area contributed by atoms with E-state index in [1.165, 1.54) is 0 Å². The van der Waals surface area contributed by atoms with Crippen LogP contribution in [-0.4, -0.2) is 35.2 Å². The number of carboxylic acid groups (broad SMARTS) is 1. The van der Waals surface area contributed by atoms with Crippen LogP contribution in [0.4, 0.5) is 0 Å². The van der Waals surface area contributed by atoms with Gasteiger partial charge in [-0.25, -0.2) is 4.79 Å².